The van der Waals surface area contributed by atoms with Crippen LogP contribution in [0.1, 0.15) is 24.0 Å². The Morgan fingerprint density at radius 3 is 2.62 bits per heavy atom. The normalized spacial score (nSPS) is 17.9. The van der Waals surface area contributed by atoms with Crippen molar-refractivity contribution in [2.45, 2.75) is 25.0 Å². The number of rotatable bonds is 6. The molecular formula is C24H29FN2O4S. The molecule has 2 fully saturated rings. The van der Waals surface area contributed by atoms with Crippen LogP contribution in [0.2, 0.25) is 0 Å². The molecule has 2 heterocycles. The summed E-state index contributed by atoms with van der Waals surface area (Å²) in [6.07, 6.45) is 1.35. The van der Waals surface area contributed by atoms with Gasteiger partial charge in [-0.3, -0.25) is 4.90 Å². The Morgan fingerprint density at radius 1 is 1.22 bits per heavy atom. The van der Waals surface area contributed by atoms with Gasteiger partial charge in [-0.2, -0.15) is 0 Å². The van der Waals surface area contributed by atoms with Crippen LogP contribution in [0.3, 0.4) is 0 Å². The van der Waals surface area contributed by atoms with Crippen LogP contribution >= 0.6 is 11.8 Å². The lowest BCUT2D eigenvalue weighted by atomic mass is 9.86. The van der Waals surface area contributed by atoms with Gasteiger partial charge in [0.05, 0.1) is 11.5 Å². The first-order valence-corrected chi connectivity index (χ1v) is 11.9. The summed E-state index contributed by atoms with van der Waals surface area (Å²) in [5, 5.41) is 0. The van der Waals surface area contributed by atoms with Crippen molar-refractivity contribution >= 4 is 23.5 Å². The number of hydrogen-bond donors (Lipinski definition) is 0. The van der Waals surface area contributed by atoms with E-state index in [1.165, 1.54) is 12.1 Å². The van der Waals surface area contributed by atoms with Gasteiger partial charge in [0.1, 0.15) is 18.2 Å². The molecule has 8 heteroatoms. The molecule has 2 aromatic rings. The number of ether oxygens (including phenoxy) is 3. The van der Waals surface area contributed by atoms with Crippen molar-refractivity contribution in [3.05, 3.63) is 59.4 Å². The molecule has 2 aromatic carbocycles. The van der Waals surface area contributed by atoms with Gasteiger partial charge in [0.2, 0.25) is 0 Å². The maximum atomic E-state index is 14.4. The molecular weight excluding hydrogens is 431 g/mol. The van der Waals surface area contributed by atoms with E-state index in [1.54, 1.807) is 30.8 Å². The fraction of sp³-hybridized carbons (Fsp3) is 0.458. The van der Waals surface area contributed by atoms with E-state index in [-0.39, 0.29) is 11.8 Å². The maximum absolute atomic E-state index is 14.4. The Hall–Kier alpha value is -2.29. The molecule has 172 valence electrons. The van der Waals surface area contributed by atoms with Crippen molar-refractivity contribution in [3.63, 3.8) is 0 Å². The number of carbonyl (C=O) groups is 1. The molecule has 0 spiro atoms. The Labute approximate surface area is 192 Å². The van der Waals surface area contributed by atoms with Gasteiger partial charge in [0, 0.05) is 64.3 Å². The third-order valence-corrected chi connectivity index (χ3v) is 7.09. The van der Waals surface area contributed by atoms with Crippen molar-refractivity contribution in [1.82, 2.24) is 4.90 Å². The van der Waals surface area contributed by atoms with E-state index in [1.807, 2.05) is 35.2 Å². The highest BCUT2D eigenvalue weighted by molar-refractivity contribution is 7.99. The summed E-state index contributed by atoms with van der Waals surface area (Å²) in [6.45, 7) is 2.25. The van der Waals surface area contributed by atoms with Crippen molar-refractivity contribution in [2.24, 2.45) is 0 Å². The maximum Gasteiger partial charge on any atom is 0.324 e. The highest BCUT2D eigenvalue weighted by Crippen LogP contribution is 2.37. The van der Waals surface area contributed by atoms with E-state index in [0.29, 0.717) is 38.4 Å². The average molecular weight is 461 g/mol. The smallest absolute Gasteiger partial charge is 0.324 e. The van der Waals surface area contributed by atoms with E-state index < -0.39 is 5.60 Å². The van der Waals surface area contributed by atoms with Crippen LogP contribution in [-0.4, -0.2) is 56.5 Å². The molecule has 32 heavy (non-hydrogen) atoms. The molecule has 0 saturated carbocycles. The van der Waals surface area contributed by atoms with Gasteiger partial charge >= 0.3 is 6.03 Å². The van der Waals surface area contributed by atoms with Gasteiger partial charge in [-0.1, -0.05) is 12.1 Å². The molecule has 4 rings (SSSR count). The van der Waals surface area contributed by atoms with E-state index in [2.05, 4.69) is 0 Å². The molecule has 0 aliphatic carbocycles. The predicted octanol–water partition coefficient (Wildman–Crippen LogP) is 4.62. The minimum atomic E-state index is -0.551. The monoisotopic (exact) mass is 460 g/mol. The second kappa shape index (κ2) is 10.1. The number of urea groups is 1. The van der Waals surface area contributed by atoms with E-state index in [0.717, 1.165) is 35.0 Å². The molecule has 0 unspecified atom stereocenters. The number of methoxy groups -OCH3 is 1. The lowest BCUT2D eigenvalue weighted by molar-refractivity contribution is -0.0950. The van der Waals surface area contributed by atoms with Crippen molar-refractivity contribution in [3.8, 4) is 5.75 Å². The number of nitrogens with zero attached hydrogens (tertiary/aromatic N) is 2. The van der Waals surface area contributed by atoms with E-state index in [4.69, 9.17) is 14.2 Å². The number of halogens is 1. The fourth-order valence-corrected chi connectivity index (χ4v) is 5.03. The van der Waals surface area contributed by atoms with Crippen LogP contribution in [-0.2, 0) is 21.7 Å². The highest BCUT2D eigenvalue weighted by Gasteiger charge is 2.35. The molecule has 0 atom stereocenters. The van der Waals surface area contributed by atoms with Gasteiger partial charge in [-0.15, -0.1) is 11.8 Å². The van der Waals surface area contributed by atoms with Gasteiger partial charge < -0.3 is 19.1 Å². The van der Waals surface area contributed by atoms with Crippen LogP contribution in [0, 0.1) is 5.82 Å². The zero-order chi connectivity index (χ0) is 22.6. The van der Waals surface area contributed by atoms with Crippen LogP contribution < -0.4 is 9.64 Å². The van der Waals surface area contributed by atoms with Gasteiger partial charge in [0.25, 0.3) is 0 Å². The minimum absolute atomic E-state index is 0.00600. The first-order valence-electron chi connectivity index (χ1n) is 10.8. The highest BCUT2D eigenvalue weighted by atomic mass is 32.2. The van der Waals surface area contributed by atoms with Crippen LogP contribution in [0.5, 0.6) is 5.75 Å². The molecule has 2 aliphatic rings. The van der Waals surface area contributed by atoms with Gasteiger partial charge in [-0.25, -0.2) is 9.18 Å². The Balaban J connectivity index is 1.41. The third-order valence-electron chi connectivity index (χ3n) is 6.13. The molecule has 2 aliphatic heterocycles. The predicted molar refractivity (Wildman–Crippen MR) is 124 cm³/mol. The first-order chi connectivity index (χ1) is 15.5. The number of carbonyl (C=O) groups excluding carboxylic acids is 1. The number of thioether (sulfide) groups is 1. The summed E-state index contributed by atoms with van der Waals surface area (Å²) < 4.78 is 31.5. The summed E-state index contributed by atoms with van der Waals surface area (Å²) >= 11 is 1.76. The summed E-state index contributed by atoms with van der Waals surface area (Å²) in [5.41, 5.74) is 1.98. The summed E-state index contributed by atoms with van der Waals surface area (Å²) in [7, 11) is 3.44. The zero-order valence-corrected chi connectivity index (χ0v) is 19.3. The third kappa shape index (κ3) is 5.03. The summed E-state index contributed by atoms with van der Waals surface area (Å²) in [6, 6.07) is 12.4. The number of hydrogen-bond acceptors (Lipinski definition) is 5. The largest absolute Gasteiger partial charge is 0.489 e. The van der Waals surface area contributed by atoms with Crippen molar-refractivity contribution < 1.29 is 23.4 Å². The van der Waals surface area contributed by atoms with E-state index >= 15 is 0 Å². The van der Waals surface area contributed by atoms with Gasteiger partial charge in [-0.05, 0) is 35.4 Å². The SMILES string of the molecule is COC1(c2cc(F)cc(OCc3ccc(N(C)C(=O)N4CCSC4)cc3)c2)CCOCC1. The number of benzene rings is 2. The lowest BCUT2D eigenvalue weighted by Gasteiger charge is -2.36. The summed E-state index contributed by atoms with van der Waals surface area (Å²) in [4.78, 5) is 16.0. The molecule has 0 N–H and O–H groups in total. The van der Waals surface area contributed by atoms with Crippen molar-refractivity contribution in [2.75, 3.05) is 50.4 Å². The Bertz CT molecular complexity index is 928. The average Bonchev–Trinajstić information content (AvgIpc) is 3.37. The second-order valence-corrected chi connectivity index (χ2v) is 9.16. The minimum Gasteiger partial charge on any atom is -0.489 e. The second-order valence-electron chi connectivity index (χ2n) is 8.08. The molecule has 0 bridgehead atoms. The zero-order valence-electron chi connectivity index (χ0n) is 18.5. The molecule has 2 amide bonds. The number of amides is 2. The Morgan fingerprint density at radius 2 is 1.97 bits per heavy atom. The topological polar surface area (TPSA) is 51.2 Å². The molecule has 2 saturated heterocycles. The van der Waals surface area contributed by atoms with Crippen molar-refractivity contribution in [1.29, 1.82) is 0 Å². The molecule has 0 aromatic heterocycles. The Kier molecular flexibility index (Phi) is 7.23. The molecule has 0 radical (unpaired) electrons. The summed E-state index contributed by atoms with van der Waals surface area (Å²) in [5.74, 6) is 1.83. The first kappa shape index (κ1) is 22.9. The van der Waals surface area contributed by atoms with Gasteiger partial charge in [0.15, 0.2) is 0 Å². The van der Waals surface area contributed by atoms with E-state index in [9.17, 15) is 9.18 Å². The standard InChI is InChI=1S/C24H29FN2O4S/c1-26(23(28)27-9-12-32-17-27)21-5-3-18(4-6-21)16-31-22-14-19(13-20(25)15-22)24(29-2)7-10-30-11-8-24/h3-6,13-15H,7-12,16-17H2,1-2H3. The molecule has 6 nitrogen and oxygen atoms in total. The van der Waals surface area contributed by atoms with Crippen LogP contribution in [0.15, 0.2) is 42.5 Å². The number of anilines is 1. The van der Waals surface area contributed by atoms with Crippen LogP contribution in [0.4, 0.5) is 14.9 Å². The van der Waals surface area contributed by atoms with Crippen LogP contribution in [0.25, 0.3) is 0 Å². The quantitative estimate of drug-likeness (QED) is 0.630. The fourth-order valence-electron chi connectivity index (χ4n) is 4.09. The lowest BCUT2D eigenvalue weighted by Crippen LogP contribution is -2.39.